The monoisotopic (exact) mass is 309 g/mol. The Morgan fingerprint density at radius 1 is 1.44 bits per heavy atom. The van der Waals surface area contributed by atoms with E-state index >= 15 is 0 Å². The van der Waals surface area contributed by atoms with E-state index in [4.69, 9.17) is 0 Å². The molecule has 0 saturated carbocycles. The lowest BCUT2D eigenvalue weighted by molar-refractivity contribution is 0.587. The van der Waals surface area contributed by atoms with E-state index in [1.807, 2.05) is 26.1 Å². The maximum atomic E-state index is 4.09. The molecule has 1 unspecified atom stereocenters. The van der Waals surface area contributed by atoms with Crippen LogP contribution >= 0.6 is 15.9 Å². The molecule has 1 atom stereocenters. The van der Waals surface area contributed by atoms with Crippen LogP contribution in [0.15, 0.2) is 22.7 Å². The molecule has 0 radical (unpaired) electrons. The molecular weight excluding hydrogens is 294 g/mol. The second-order valence-corrected chi connectivity index (χ2v) is 5.00. The number of nitrogens with one attached hydrogen (secondary N) is 1. The Kier molecular flexibility index (Phi) is 4.08. The molecule has 0 bridgehead atoms. The lowest BCUT2D eigenvalue weighted by Gasteiger charge is -2.13. The summed E-state index contributed by atoms with van der Waals surface area (Å²) in [6.07, 6.45) is 0.933. The van der Waals surface area contributed by atoms with Gasteiger partial charge in [0.2, 0.25) is 0 Å². The van der Waals surface area contributed by atoms with Gasteiger partial charge in [0.1, 0.15) is 0 Å². The summed E-state index contributed by atoms with van der Waals surface area (Å²) in [7, 11) is 1.89. The summed E-state index contributed by atoms with van der Waals surface area (Å²) >= 11 is 3.49. The smallest absolute Gasteiger partial charge is 0.173 e. The largest absolute Gasteiger partial charge is 0.311 e. The normalized spacial score (nSPS) is 12.7. The van der Waals surface area contributed by atoms with Crippen molar-refractivity contribution in [3.05, 3.63) is 34.1 Å². The molecule has 1 N–H and O–H groups in total. The first-order valence-corrected chi connectivity index (χ1v) is 6.71. The summed E-state index contributed by atoms with van der Waals surface area (Å²) in [6, 6.07) is 6.24. The molecule has 0 spiro atoms. The first-order valence-electron chi connectivity index (χ1n) is 5.91. The minimum absolute atomic E-state index is 0.105. The molecule has 18 heavy (non-hydrogen) atoms. The Balaban J connectivity index is 2.52. The van der Waals surface area contributed by atoms with Gasteiger partial charge in [0.15, 0.2) is 5.82 Å². The zero-order valence-electron chi connectivity index (χ0n) is 10.7. The third kappa shape index (κ3) is 2.44. The fourth-order valence-corrected chi connectivity index (χ4v) is 2.22. The Labute approximate surface area is 115 Å². The van der Waals surface area contributed by atoms with Gasteiger partial charge in [-0.15, -0.1) is 5.10 Å². The number of hydrogen-bond donors (Lipinski definition) is 1. The van der Waals surface area contributed by atoms with Crippen LogP contribution in [-0.4, -0.2) is 27.3 Å². The molecule has 2 rings (SSSR count). The number of nitrogens with zero attached hydrogens (tertiary/aromatic N) is 4. The molecule has 0 aliphatic rings. The van der Waals surface area contributed by atoms with Gasteiger partial charge >= 0.3 is 0 Å². The molecule has 6 heteroatoms. The van der Waals surface area contributed by atoms with Gasteiger partial charge in [-0.1, -0.05) is 22.9 Å². The summed E-state index contributed by atoms with van der Waals surface area (Å²) < 4.78 is 2.87. The van der Waals surface area contributed by atoms with Crippen molar-refractivity contribution in [3.63, 3.8) is 0 Å². The fourth-order valence-electron chi connectivity index (χ4n) is 1.81. The fraction of sp³-hybridized carbons (Fsp3) is 0.417. The van der Waals surface area contributed by atoms with Gasteiger partial charge in [-0.05, 0) is 54.6 Å². The molecule has 0 aliphatic carbocycles. The predicted octanol–water partition coefficient (Wildman–Crippen LogP) is 2.27. The third-order valence-corrected chi connectivity index (χ3v) is 3.46. The SMILES string of the molecule is CCc1cc(Br)ccc1-n1nnnc1C(C)NC. The molecule has 2 aromatic rings. The molecule has 1 aromatic carbocycles. The first-order chi connectivity index (χ1) is 8.67. The highest BCUT2D eigenvalue weighted by molar-refractivity contribution is 9.10. The van der Waals surface area contributed by atoms with Gasteiger partial charge in [-0.25, -0.2) is 0 Å². The second-order valence-electron chi connectivity index (χ2n) is 4.09. The molecule has 96 valence electrons. The molecule has 1 aromatic heterocycles. The lowest BCUT2D eigenvalue weighted by Crippen LogP contribution is -2.18. The Morgan fingerprint density at radius 3 is 2.89 bits per heavy atom. The summed E-state index contributed by atoms with van der Waals surface area (Å²) in [5.41, 5.74) is 2.24. The van der Waals surface area contributed by atoms with Gasteiger partial charge in [-0.2, -0.15) is 4.68 Å². The van der Waals surface area contributed by atoms with Crippen LogP contribution in [0.3, 0.4) is 0 Å². The Bertz CT molecular complexity index is 537. The minimum atomic E-state index is 0.105. The van der Waals surface area contributed by atoms with E-state index in [2.05, 4.69) is 49.8 Å². The van der Waals surface area contributed by atoms with Crippen molar-refractivity contribution in [1.82, 2.24) is 25.5 Å². The van der Waals surface area contributed by atoms with E-state index < -0.39 is 0 Å². The van der Waals surface area contributed by atoms with Crippen LogP contribution in [0.4, 0.5) is 0 Å². The van der Waals surface area contributed by atoms with Crippen molar-refractivity contribution in [1.29, 1.82) is 0 Å². The number of tetrazole rings is 1. The van der Waals surface area contributed by atoms with Gasteiger partial charge in [-0.3, -0.25) is 0 Å². The van der Waals surface area contributed by atoms with Gasteiger partial charge < -0.3 is 5.32 Å². The second kappa shape index (κ2) is 5.58. The summed E-state index contributed by atoms with van der Waals surface area (Å²) in [5.74, 6) is 0.814. The number of hydrogen-bond acceptors (Lipinski definition) is 4. The van der Waals surface area contributed by atoms with Crippen LogP contribution in [0.5, 0.6) is 0 Å². The Morgan fingerprint density at radius 2 is 2.22 bits per heavy atom. The van der Waals surface area contributed by atoms with Crippen molar-refractivity contribution in [3.8, 4) is 5.69 Å². The molecule has 0 saturated heterocycles. The molecule has 0 aliphatic heterocycles. The third-order valence-electron chi connectivity index (χ3n) is 2.96. The summed E-state index contributed by atoms with van der Waals surface area (Å²) in [4.78, 5) is 0. The van der Waals surface area contributed by atoms with E-state index in [-0.39, 0.29) is 6.04 Å². The number of benzene rings is 1. The number of rotatable bonds is 4. The van der Waals surface area contributed by atoms with Gasteiger partial charge in [0, 0.05) is 4.47 Å². The van der Waals surface area contributed by atoms with Crippen LogP contribution < -0.4 is 5.32 Å². The van der Waals surface area contributed by atoms with E-state index in [0.29, 0.717) is 0 Å². The first kappa shape index (κ1) is 13.2. The van der Waals surface area contributed by atoms with Crippen LogP contribution in [0.25, 0.3) is 5.69 Å². The van der Waals surface area contributed by atoms with E-state index in [1.165, 1.54) is 5.56 Å². The highest BCUT2D eigenvalue weighted by Gasteiger charge is 2.15. The average molecular weight is 310 g/mol. The van der Waals surface area contributed by atoms with Crippen LogP contribution in [-0.2, 0) is 6.42 Å². The molecule has 5 nitrogen and oxygen atoms in total. The van der Waals surface area contributed by atoms with Crippen molar-refractivity contribution in [2.75, 3.05) is 7.05 Å². The van der Waals surface area contributed by atoms with Crippen molar-refractivity contribution >= 4 is 15.9 Å². The lowest BCUT2D eigenvalue weighted by atomic mass is 10.1. The highest BCUT2D eigenvalue weighted by Crippen LogP contribution is 2.22. The minimum Gasteiger partial charge on any atom is -0.311 e. The van der Waals surface area contributed by atoms with Crippen LogP contribution in [0.2, 0.25) is 0 Å². The summed E-state index contributed by atoms with van der Waals surface area (Å²) in [6.45, 7) is 4.16. The number of aromatic nitrogens is 4. The molecule has 0 amide bonds. The maximum absolute atomic E-state index is 4.09. The van der Waals surface area contributed by atoms with Gasteiger partial charge in [0.05, 0.1) is 11.7 Å². The van der Waals surface area contributed by atoms with E-state index in [0.717, 1.165) is 22.4 Å². The average Bonchev–Trinajstić information content (AvgIpc) is 2.86. The van der Waals surface area contributed by atoms with E-state index in [9.17, 15) is 0 Å². The maximum Gasteiger partial charge on any atom is 0.173 e. The van der Waals surface area contributed by atoms with Crippen LogP contribution in [0, 0.1) is 0 Å². The molecule has 0 fully saturated rings. The quantitative estimate of drug-likeness (QED) is 0.941. The summed E-state index contributed by atoms with van der Waals surface area (Å²) in [5, 5.41) is 15.1. The number of halogens is 1. The zero-order chi connectivity index (χ0) is 13.1. The van der Waals surface area contributed by atoms with E-state index in [1.54, 1.807) is 4.68 Å². The molecular formula is C12H16BrN5. The zero-order valence-corrected chi connectivity index (χ0v) is 12.3. The van der Waals surface area contributed by atoms with Gasteiger partial charge in [0.25, 0.3) is 0 Å². The standard InChI is InChI=1S/C12H16BrN5/c1-4-9-7-10(13)5-6-11(9)18-12(8(2)14-3)15-16-17-18/h5-8,14H,4H2,1-3H3. The Hall–Kier alpha value is -1.27. The van der Waals surface area contributed by atoms with Crippen molar-refractivity contribution < 1.29 is 0 Å². The topological polar surface area (TPSA) is 55.6 Å². The molecule has 1 heterocycles. The van der Waals surface area contributed by atoms with Crippen molar-refractivity contribution in [2.45, 2.75) is 26.3 Å². The van der Waals surface area contributed by atoms with Crippen molar-refractivity contribution in [2.24, 2.45) is 0 Å². The highest BCUT2D eigenvalue weighted by atomic mass is 79.9. The number of aryl methyl sites for hydroxylation is 1. The van der Waals surface area contributed by atoms with Crippen LogP contribution in [0.1, 0.15) is 31.3 Å². The predicted molar refractivity (Wildman–Crippen MR) is 73.7 cm³/mol.